The van der Waals surface area contributed by atoms with Gasteiger partial charge in [-0.3, -0.25) is 5.10 Å². The van der Waals surface area contributed by atoms with Crippen molar-refractivity contribution in [3.63, 3.8) is 0 Å². The van der Waals surface area contributed by atoms with E-state index < -0.39 is 0 Å². The second-order valence-electron chi connectivity index (χ2n) is 16.0. The van der Waals surface area contributed by atoms with Crippen LogP contribution in [0, 0.1) is 13.8 Å². The van der Waals surface area contributed by atoms with Crippen LogP contribution in [0.2, 0.25) is 0 Å². The molecular weight excluding hydrogens is 641 g/mol. The Balaban J connectivity index is 1.41. The number of nitrogens with zero attached hydrogens (tertiary/aromatic N) is 3. The zero-order valence-electron chi connectivity index (χ0n) is 33.2. The van der Waals surface area contributed by atoms with E-state index in [1.807, 2.05) is 4.63 Å². The van der Waals surface area contributed by atoms with Gasteiger partial charge >= 0.3 is 0 Å². The number of H-pyrrole nitrogens is 1. The van der Waals surface area contributed by atoms with E-state index in [0.29, 0.717) is 0 Å². The number of aromatic nitrogens is 4. The van der Waals surface area contributed by atoms with Gasteiger partial charge in [-0.1, -0.05) is 140 Å². The molecule has 0 unspecified atom stereocenters. The Morgan fingerprint density at radius 1 is 0.615 bits per heavy atom. The number of fused-ring (bicyclic) bond motifs is 1. The third-order valence-electron chi connectivity index (χ3n) is 9.98. The Hall–Kier alpha value is -4.06. The van der Waals surface area contributed by atoms with Crippen molar-refractivity contribution in [2.75, 3.05) is 13.2 Å². The molecule has 0 saturated heterocycles. The molecule has 3 aromatic carbocycles. The van der Waals surface area contributed by atoms with Crippen molar-refractivity contribution in [1.82, 2.24) is 19.8 Å². The molecule has 0 fully saturated rings. The first-order valence-corrected chi connectivity index (χ1v) is 20.2. The summed E-state index contributed by atoms with van der Waals surface area (Å²) in [5, 5.41) is 8.38. The molecule has 0 aliphatic rings. The topological polar surface area (TPSA) is 64.4 Å². The Labute approximate surface area is 313 Å². The fourth-order valence-corrected chi connectivity index (χ4v) is 6.92. The Bertz CT molecular complexity index is 1720. The number of aromatic amines is 1. The number of rotatable bonds is 21. The highest BCUT2D eigenvalue weighted by Crippen LogP contribution is 2.31. The van der Waals surface area contributed by atoms with Crippen LogP contribution in [0.5, 0.6) is 11.5 Å². The molecule has 0 saturated carbocycles. The quantitative estimate of drug-likeness (QED) is 0.0772. The van der Waals surface area contributed by atoms with E-state index in [0.717, 1.165) is 73.1 Å². The van der Waals surface area contributed by atoms with Crippen LogP contribution >= 0.6 is 0 Å². The fraction of sp³-hybridized carbons (Fsp3) is 0.522. The molecule has 0 amide bonds. The third-order valence-corrected chi connectivity index (χ3v) is 9.98. The number of unbranched alkanes of at least 4 members (excludes halogenated alkanes) is 10. The molecule has 0 radical (unpaired) electrons. The largest absolute Gasteiger partial charge is 0.493 e. The van der Waals surface area contributed by atoms with Gasteiger partial charge in [0.05, 0.1) is 13.2 Å². The molecule has 0 spiro atoms. The minimum Gasteiger partial charge on any atom is -0.493 e. The number of hydrogen-bond acceptors (Lipinski definition) is 4. The zero-order chi connectivity index (χ0) is 36.9. The summed E-state index contributed by atoms with van der Waals surface area (Å²) in [6.07, 6.45) is 16.6. The van der Waals surface area contributed by atoms with E-state index in [1.54, 1.807) is 0 Å². The second-order valence-corrected chi connectivity index (χ2v) is 16.0. The predicted octanol–water partition coefficient (Wildman–Crippen LogP) is 12.3. The number of ether oxygens (including phenoxy) is 2. The van der Waals surface area contributed by atoms with Gasteiger partial charge in [0, 0.05) is 35.6 Å². The van der Waals surface area contributed by atoms with Gasteiger partial charge in [-0.05, 0) is 73.2 Å². The fourth-order valence-electron chi connectivity index (χ4n) is 6.92. The van der Waals surface area contributed by atoms with Crippen molar-refractivity contribution in [2.24, 2.45) is 0 Å². The van der Waals surface area contributed by atoms with Crippen LogP contribution in [-0.2, 0) is 18.3 Å². The zero-order valence-corrected chi connectivity index (χ0v) is 33.2. The maximum Gasteiger partial charge on any atom is 0.183 e. The summed E-state index contributed by atoms with van der Waals surface area (Å²) in [6, 6.07) is 22.2. The molecule has 2 aromatic heterocycles. The Kier molecular flexibility index (Phi) is 14.4. The first-order chi connectivity index (χ1) is 25.1. The van der Waals surface area contributed by atoms with Crippen LogP contribution < -0.4 is 9.47 Å². The first-order valence-electron chi connectivity index (χ1n) is 20.2. The average molecular weight is 705 g/mol. The molecule has 5 rings (SSSR count). The van der Waals surface area contributed by atoms with Crippen LogP contribution in [0.4, 0.5) is 0 Å². The molecule has 1 N–H and O–H groups in total. The molecule has 5 aromatic rings. The van der Waals surface area contributed by atoms with Gasteiger partial charge in [0.1, 0.15) is 11.5 Å². The average Bonchev–Trinajstić information content (AvgIpc) is 3.70. The molecule has 0 bridgehead atoms. The van der Waals surface area contributed by atoms with E-state index in [-0.39, 0.29) is 5.41 Å². The normalized spacial score (nSPS) is 11.8. The Morgan fingerprint density at radius 3 is 1.60 bits per heavy atom. The van der Waals surface area contributed by atoms with E-state index in [4.69, 9.17) is 19.6 Å². The van der Waals surface area contributed by atoms with Gasteiger partial charge in [-0.25, -0.2) is 4.98 Å². The molecule has 2 heterocycles. The van der Waals surface area contributed by atoms with E-state index in [9.17, 15) is 0 Å². The lowest BCUT2D eigenvalue weighted by Gasteiger charge is -2.16. The summed E-state index contributed by atoms with van der Waals surface area (Å²) >= 11 is 0. The van der Waals surface area contributed by atoms with Gasteiger partial charge in [0.2, 0.25) is 0 Å². The summed E-state index contributed by atoms with van der Waals surface area (Å²) in [5.74, 6) is 2.69. The van der Waals surface area contributed by atoms with Crippen molar-refractivity contribution in [1.29, 1.82) is 0 Å². The van der Waals surface area contributed by atoms with E-state index in [2.05, 4.69) is 114 Å². The van der Waals surface area contributed by atoms with Crippen LogP contribution in [-0.4, -0.2) is 33.0 Å². The number of hydrogen-bond donors (Lipinski definition) is 1. The monoisotopic (exact) mass is 705 g/mol. The molecular formula is C46H64N4O2. The number of aryl methyl sites for hydroxylation is 2. The van der Waals surface area contributed by atoms with E-state index in [1.165, 1.54) is 97.6 Å². The van der Waals surface area contributed by atoms with Gasteiger partial charge in [-0.15, -0.1) is 5.10 Å². The molecule has 6 nitrogen and oxygen atoms in total. The smallest absolute Gasteiger partial charge is 0.183 e. The Morgan fingerprint density at radius 2 is 1.12 bits per heavy atom. The molecule has 280 valence electrons. The lowest BCUT2D eigenvalue weighted by atomic mass is 9.93. The number of benzene rings is 3. The standard InChI is InChI=1S/C46H64N4O2/c1-8-10-12-14-16-18-24-51-41-22-20-34(3)26-38(41)29-36-28-37(30-39-27-35(4)21-23-42(39)52-25-19-17-15-13-11-9-2)32-40(31-36)45-47-44-33-43(46(5,6)7)48-50(44)49-45/h20-23,26-28,31-33,48H,8-19,24-25,29-30H2,1-7H3. The van der Waals surface area contributed by atoms with Crippen molar-refractivity contribution in [3.05, 3.63) is 99.7 Å². The van der Waals surface area contributed by atoms with Crippen LogP contribution in [0.1, 0.15) is 151 Å². The van der Waals surface area contributed by atoms with Crippen molar-refractivity contribution >= 4 is 5.65 Å². The predicted molar refractivity (Wildman–Crippen MR) is 217 cm³/mol. The highest BCUT2D eigenvalue weighted by atomic mass is 16.5. The van der Waals surface area contributed by atoms with Gasteiger partial charge in [0.25, 0.3) is 0 Å². The lowest BCUT2D eigenvalue weighted by molar-refractivity contribution is 0.301. The van der Waals surface area contributed by atoms with Crippen LogP contribution in [0.3, 0.4) is 0 Å². The summed E-state index contributed by atoms with van der Waals surface area (Å²) < 4.78 is 14.7. The first kappa shape index (κ1) is 39.2. The van der Waals surface area contributed by atoms with Crippen LogP contribution in [0.25, 0.3) is 17.0 Å². The van der Waals surface area contributed by atoms with Crippen molar-refractivity contribution < 1.29 is 9.47 Å². The van der Waals surface area contributed by atoms with Gasteiger partial charge in [-0.2, -0.15) is 4.63 Å². The summed E-state index contributed by atoms with van der Waals surface area (Å²) in [6.45, 7) is 17.0. The SMILES string of the molecule is CCCCCCCCOc1ccc(C)cc1Cc1cc(Cc2cc(C)ccc2OCCCCCCCC)cc(-c2nc3cc(C(C)(C)C)[nH]n3n2)c1. The minimum atomic E-state index is -0.0130. The summed E-state index contributed by atoms with van der Waals surface area (Å²) in [7, 11) is 0. The summed E-state index contributed by atoms with van der Waals surface area (Å²) in [4.78, 5) is 5.00. The number of nitrogens with one attached hydrogen (secondary N) is 1. The second kappa shape index (κ2) is 19.1. The molecule has 0 atom stereocenters. The lowest BCUT2D eigenvalue weighted by Crippen LogP contribution is -2.12. The van der Waals surface area contributed by atoms with Gasteiger partial charge in [0.15, 0.2) is 11.5 Å². The maximum atomic E-state index is 6.43. The highest BCUT2D eigenvalue weighted by Gasteiger charge is 2.20. The molecule has 0 aliphatic heterocycles. The third kappa shape index (κ3) is 11.5. The van der Waals surface area contributed by atoms with Gasteiger partial charge < -0.3 is 9.47 Å². The van der Waals surface area contributed by atoms with Crippen LogP contribution in [0.15, 0.2) is 60.7 Å². The minimum absolute atomic E-state index is 0.0130. The molecule has 52 heavy (non-hydrogen) atoms. The van der Waals surface area contributed by atoms with Crippen molar-refractivity contribution in [3.8, 4) is 22.9 Å². The summed E-state index contributed by atoms with van der Waals surface area (Å²) in [5.41, 5.74) is 10.3. The maximum absolute atomic E-state index is 6.43. The van der Waals surface area contributed by atoms with Crippen molar-refractivity contribution in [2.45, 2.75) is 144 Å². The highest BCUT2D eigenvalue weighted by molar-refractivity contribution is 5.62. The van der Waals surface area contributed by atoms with E-state index >= 15 is 0 Å². The molecule has 0 aliphatic carbocycles. The molecule has 6 heteroatoms.